The number of aryl methyl sites for hydroxylation is 1. The summed E-state index contributed by atoms with van der Waals surface area (Å²) >= 11 is 2.08. The fourth-order valence-electron chi connectivity index (χ4n) is 5.56. The quantitative estimate of drug-likeness (QED) is 0.431. The molecule has 0 bridgehead atoms. The first-order chi connectivity index (χ1) is 16.4. The van der Waals surface area contributed by atoms with Crippen molar-refractivity contribution in [2.75, 3.05) is 32.5 Å². The van der Waals surface area contributed by atoms with Gasteiger partial charge < -0.3 is 14.7 Å². The Morgan fingerprint density at radius 1 is 1.32 bits per heavy atom. The van der Waals surface area contributed by atoms with Crippen LogP contribution in [0, 0.1) is 12.3 Å². The Morgan fingerprint density at radius 2 is 2.06 bits per heavy atom. The molecule has 0 spiro atoms. The van der Waals surface area contributed by atoms with Gasteiger partial charge in [-0.1, -0.05) is 12.8 Å². The normalized spacial score (nSPS) is 20.0. The molecule has 4 rings (SSSR count). The first kappa shape index (κ1) is 25.2. The van der Waals surface area contributed by atoms with Gasteiger partial charge in [0.2, 0.25) is 0 Å². The number of ether oxygens (including phenoxy) is 1. The van der Waals surface area contributed by atoms with E-state index in [2.05, 4.69) is 21.6 Å². The smallest absolute Gasteiger partial charge is 0.309 e. The number of halogens is 1. The summed E-state index contributed by atoms with van der Waals surface area (Å²) in [5, 5.41) is 11.7. The number of piperidine rings is 1. The molecule has 2 aromatic rings. The van der Waals surface area contributed by atoms with Crippen molar-refractivity contribution in [1.29, 1.82) is 0 Å². The molecule has 1 aromatic carbocycles. The lowest BCUT2D eigenvalue weighted by atomic mass is 9.74. The Morgan fingerprint density at radius 3 is 2.74 bits per heavy atom. The number of aromatic nitrogens is 1. The van der Waals surface area contributed by atoms with E-state index in [4.69, 9.17) is 4.74 Å². The third-order valence-electron chi connectivity index (χ3n) is 7.84. The van der Waals surface area contributed by atoms with Crippen molar-refractivity contribution >= 4 is 28.6 Å². The van der Waals surface area contributed by atoms with Crippen molar-refractivity contribution in [2.24, 2.45) is 5.41 Å². The highest BCUT2D eigenvalue weighted by Crippen LogP contribution is 2.41. The molecule has 7 heteroatoms. The summed E-state index contributed by atoms with van der Waals surface area (Å²) < 4.78 is 21.0. The van der Waals surface area contributed by atoms with Crippen LogP contribution in [-0.4, -0.2) is 58.7 Å². The Kier molecular flexibility index (Phi) is 8.35. The van der Waals surface area contributed by atoms with Gasteiger partial charge in [-0.15, -0.1) is 0 Å². The Balaban J connectivity index is 1.37. The summed E-state index contributed by atoms with van der Waals surface area (Å²) in [6.45, 7) is 4.45. The number of carboxylic acid groups (broad SMARTS) is 1. The number of thioether (sulfide) groups is 1. The molecule has 1 aliphatic heterocycles. The maximum atomic E-state index is 15.7. The lowest BCUT2D eigenvalue weighted by Gasteiger charge is -2.39. The van der Waals surface area contributed by atoms with E-state index in [1.165, 1.54) is 25.7 Å². The highest BCUT2D eigenvalue weighted by molar-refractivity contribution is 7.99. The topological polar surface area (TPSA) is 62.7 Å². The number of hydrogen-bond acceptors (Lipinski definition) is 5. The molecule has 1 saturated carbocycles. The van der Waals surface area contributed by atoms with Gasteiger partial charge in [-0.05, 0) is 87.9 Å². The van der Waals surface area contributed by atoms with Crippen LogP contribution in [0.4, 0.5) is 4.39 Å². The first-order valence-electron chi connectivity index (χ1n) is 12.6. The zero-order valence-corrected chi connectivity index (χ0v) is 21.2. The minimum atomic E-state index is -1.24. The Bertz CT molecular complexity index is 987. The van der Waals surface area contributed by atoms with Crippen LogP contribution in [0.2, 0.25) is 0 Å². The molecule has 1 aliphatic carbocycles. The summed E-state index contributed by atoms with van der Waals surface area (Å²) in [5.41, 5.74) is 1.27. The van der Waals surface area contributed by atoms with Crippen molar-refractivity contribution < 1.29 is 19.0 Å². The molecule has 186 valence electrons. The third-order valence-corrected chi connectivity index (χ3v) is 9.20. The molecular weight excluding hydrogens is 451 g/mol. The number of rotatable bonds is 10. The third kappa shape index (κ3) is 5.68. The zero-order chi connectivity index (χ0) is 24.1. The molecular formula is C27H37FN2O3S. The maximum Gasteiger partial charge on any atom is 0.309 e. The SMILES string of the molecule is COc1ccc2ncc(C)c(C(F)CCC3(C(=O)O)CCN(CCSC4CCCC4)CC3)c2c1. The predicted molar refractivity (Wildman–Crippen MR) is 137 cm³/mol. The van der Waals surface area contributed by atoms with E-state index in [1.54, 1.807) is 13.3 Å². The van der Waals surface area contributed by atoms with E-state index in [0.29, 0.717) is 30.6 Å². The second kappa shape index (κ2) is 11.3. The maximum absolute atomic E-state index is 15.7. The molecule has 2 fully saturated rings. The number of hydrogen-bond donors (Lipinski definition) is 1. The molecule has 0 radical (unpaired) electrons. The van der Waals surface area contributed by atoms with E-state index >= 15 is 4.39 Å². The van der Waals surface area contributed by atoms with Crippen molar-refractivity contribution in [3.8, 4) is 5.75 Å². The van der Waals surface area contributed by atoms with Gasteiger partial charge in [0.25, 0.3) is 0 Å². The van der Waals surface area contributed by atoms with Crippen molar-refractivity contribution in [2.45, 2.75) is 69.7 Å². The van der Waals surface area contributed by atoms with Crippen LogP contribution in [0.15, 0.2) is 24.4 Å². The van der Waals surface area contributed by atoms with Gasteiger partial charge in [-0.3, -0.25) is 9.78 Å². The summed E-state index contributed by atoms with van der Waals surface area (Å²) in [5.74, 6) is 1.00. The van der Waals surface area contributed by atoms with Crippen LogP contribution in [0.5, 0.6) is 5.75 Å². The number of methoxy groups -OCH3 is 1. The summed E-state index contributed by atoms with van der Waals surface area (Å²) in [6.07, 6.45) is 7.59. The number of pyridine rings is 1. The lowest BCUT2D eigenvalue weighted by molar-refractivity contribution is -0.153. The number of fused-ring (bicyclic) bond motifs is 1. The van der Waals surface area contributed by atoms with Gasteiger partial charge in [0, 0.05) is 29.1 Å². The fraction of sp³-hybridized carbons (Fsp3) is 0.630. The molecule has 1 saturated heterocycles. The van der Waals surface area contributed by atoms with Crippen molar-refractivity contribution in [3.05, 3.63) is 35.5 Å². The van der Waals surface area contributed by atoms with Crippen molar-refractivity contribution in [3.63, 3.8) is 0 Å². The highest BCUT2D eigenvalue weighted by atomic mass is 32.2. The molecule has 1 N–H and O–H groups in total. The number of likely N-dealkylation sites (tertiary alicyclic amines) is 1. The fourth-order valence-corrected chi connectivity index (χ4v) is 6.92. The van der Waals surface area contributed by atoms with Gasteiger partial charge in [-0.2, -0.15) is 11.8 Å². The summed E-state index contributed by atoms with van der Waals surface area (Å²) in [7, 11) is 1.59. The molecule has 2 heterocycles. The zero-order valence-electron chi connectivity index (χ0n) is 20.4. The number of alkyl halides is 1. The van der Waals surface area contributed by atoms with Crippen LogP contribution in [-0.2, 0) is 4.79 Å². The molecule has 34 heavy (non-hydrogen) atoms. The second-order valence-corrected chi connectivity index (χ2v) is 11.4. The monoisotopic (exact) mass is 488 g/mol. The van der Waals surface area contributed by atoms with E-state index in [-0.39, 0.29) is 6.42 Å². The Labute approximate surface area is 206 Å². The number of carbonyl (C=O) groups is 1. The number of carboxylic acids is 1. The van der Waals surface area contributed by atoms with Crippen LogP contribution in [0.25, 0.3) is 10.9 Å². The molecule has 0 amide bonds. The number of aliphatic carboxylic acids is 1. The average Bonchev–Trinajstić information content (AvgIpc) is 3.36. The van der Waals surface area contributed by atoms with Crippen LogP contribution in [0.3, 0.4) is 0 Å². The molecule has 5 nitrogen and oxygen atoms in total. The van der Waals surface area contributed by atoms with Crippen LogP contribution < -0.4 is 4.74 Å². The minimum Gasteiger partial charge on any atom is -0.497 e. The first-order valence-corrected chi connectivity index (χ1v) is 13.6. The predicted octanol–water partition coefficient (Wildman–Crippen LogP) is 6.19. The number of benzene rings is 1. The average molecular weight is 489 g/mol. The summed E-state index contributed by atoms with van der Waals surface area (Å²) in [6, 6.07) is 5.48. The second-order valence-electron chi connectivity index (χ2n) is 9.95. The number of nitrogens with zero attached hydrogens (tertiary/aromatic N) is 2. The van der Waals surface area contributed by atoms with Gasteiger partial charge >= 0.3 is 5.97 Å². The lowest BCUT2D eigenvalue weighted by Crippen LogP contribution is -2.45. The molecule has 1 atom stereocenters. The van der Waals surface area contributed by atoms with E-state index in [0.717, 1.165) is 47.1 Å². The molecule has 2 aliphatic rings. The van der Waals surface area contributed by atoms with E-state index < -0.39 is 17.6 Å². The minimum absolute atomic E-state index is 0.195. The molecule has 1 unspecified atom stereocenters. The van der Waals surface area contributed by atoms with Gasteiger partial charge in [0.15, 0.2) is 0 Å². The Hall–Kier alpha value is -1.86. The van der Waals surface area contributed by atoms with Gasteiger partial charge in [-0.25, -0.2) is 4.39 Å². The van der Waals surface area contributed by atoms with Gasteiger partial charge in [0.1, 0.15) is 11.9 Å². The van der Waals surface area contributed by atoms with Gasteiger partial charge in [0.05, 0.1) is 18.0 Å². The summed E-state index contributed by atoms with van der Waals surface area (Å²) in [4.78, 5) is 19.1. The standard InChI is InChI=1S/C27H37FN2O3S/c1-19-18-29-24-8-7-20(33-2)17-22(24)25(19)23(28)9-10-27(26(31)32)11-13-30(14-12-27)15-16-34-21-5-3-4-6-21/h7-8,17-18,21,23H,3-6,9-16H2,1-2H3,(H,31,32). The highest BCUT2D eigenvalue weighted by Gasteiger charge is 2.41. The van der Waals surface area contributed by atoms with E-state index in [1.807, 2.05) is 25.1 Å². The van der Waals surface area contributed by atoms with E-state index in [9.17, 15) is 9.90 Å². The molecule has 1 aromatic heterocycles. The van der Waals surface area contributed by atoms with Crippen LogP contribution >= 0.6 is 11.8 Å². The van der Waals surface area contributed by atoms with Crippen LogP contribution in [0.1, 0.15) is 68.7 Å². The van der Waals surface area contributed by atoms with Crippen molar-refractivity contribution in [1.82, 2.24) is 9.88 Å². The largest absolute Gasteiger partial charge is 0.497 e.